The summed E-state index contributed by atoms with van der Waals surface area (Å²) in [5.41, 5.74) is 3.10. The maximum absolute atomic E-state index is 13.6. The van der Waals surface area contributed by atoms with Crippen molar-refractivity contribution in [3.05, 3.63) is 47.2 Å². The number of carbonyl (C=O) groups excluding carboxylic acids is 1. The highest BCUT2D eigenvalue weighted by atomic mass is 35.5. The smallest absolute Gasteiger partial charge is 0.224 e. The molecule has 2 saturated heterocycles. The molecule has 0 unspecified atom stereocenters. The molecule has 0 saturated carbocycles. The Kier molecular flexibility index (Phi) is 6.51. The van der Waals surface area contributed by atoms with Gasteiger partial charge in [-0.3, -0.25) is 4.79 Å². The molecule has 8 heteroatoms. The van der Waals surface area contributed by atoms with Crippen LogP contribution >= 0.6 is 11.6 Å². The van der Waals surface area contributed by atoms with E-state index in [4.69, 9.17) is 11.6 Å². The summed E-state index contributed by atoms with van der Waals surface area (Å²) in [7, 11) is 0. The van der Waals surface area contributed by atoms with Crippen LogP contribution < -0.4 is 10.2 Å². The van der Waals surface area contributed by atoms with E-state index < -0.39 is 0 Å². The van der Waals surface area contributed by atoms with Crippen molar-refractivity contribution >= 4 is 34.2 Å². The van der Waals surface area contributed by atoms with Gasteiger partial charge < -0.3 is 20.1 Å². The van der Waals surface area contributed by atoms with Gasteiger partial charge in [0.25, 0.3) is 0 Å². The van der Waals surface area contributed by atoms with Gasteiger partial charge in [-0.1, -0.05) is 11.6 Å². The topological polar surface area (TPSA) is 64.3 Å². The number of halogens is 2. The van der Waals surface area contributed by atoms with E-state index in [-0.39, 0.29) is 17.6 Å². The first-order valence-corrected chi connectivity index (χ1v) is 12.1. The molecular formula is C25H29ClFN5O. The van der Waals surface area contributed by atoms with Crippen molar-refractivity contribution in [1.29, 1.82) is 0 Å². The number of hydrogen-bond acceptors (Lipinski definition) is 4. The summed E-state index contributed by atoms with van der Waals surface area (Å²) in [5.74, 6) is 0.421. The normalized spacial score (nSPS) is 19.3. The fraction of sp³-hybridized carbons (Fsp3) is 0.440. The van der Waals surface area contributed by atoms with Crippen molar-refractivity contribution in [2.75, 3.05) is 44.2 Å². The van der Waals surface area contributed by atoms with E-state index in [9.17, 15) is 9.18 Å². The molecule has 2 aliphatic heterocycles. The van der Waals surface area contributed by atoms with Gasteiger partial charge in [-0.25, -0.2) is 9.37 Å². The Morgan fingerprint density at radius 2 is 2.00 bits per heavy atom. The predicted octanol–water partition coefficient (Wildman–Crippen LogP) is 4.45. The average Bonchev–Trinajstić information content (AvgIpc) is 3.49. The van der Waals surface area contributed by atoms with E-state index in [1.807, 2.05) is 18.2 Å². The maximum Gasteiger partial charge on any atom is 0.224 e. The molecular weight excluding hydrogens is 441 g/mol. The number of benzene rings is 2. The van der Waals surface area contributed by atoms with E-state index in [2.05, 4.69) is 25.1 Å². The van der Waals surface area contributed by atoms with Crippen LogP contribution in [0.5, 0.6) is 0 Å². The Labute approximate surface area is 198 Å². The summed E-state index contributed by atoms with van der Waals surface area (Å²) < 4.78 is 13.6. The largest absolute Gasteiger partial charge is 0.371 e. The highest BCUT2D eigenvalue weighted by Crippen LogP contribution is 2.33. The Hall–Kier alpha value is -2.64. The van der Waals surface area contributed by atoms with Gasteiger partial charge in [0.1, 0.15) is 11.6 Å². The fourth-order valence-electron chi connectivity index (χ4n) is 4.91. The number of carbonyl (C=O) groups is 1. The lowest BCUT2D eigenvalue weighted by Gasteiger charge is -2.34. The Bertz CT molecular complexity index is 1140. The molecule has 6 nitrogen and oxygen atoms in total. The highest BCUT2D eigenvalue weighted by Gasteiger charge is 2.26. The lowest BCUT2D eigenvalue weighted by molar-refractivity contribution is -0.125. The number of amides is 1. The SMILES string of the molecule is O=C(NCCN1CCCC1)[C@H]1CCCN(c2ccc(Cl)c(-c3nc4ccc(F)cc4[nH]3)c2)C1. The van der Waals surface area contributed by atoms with Gasteiger partial charge >= 0.3 is 0 Å². The summed E-state index contributed by atoms with van der Waals surface area (Å²) in [4.78, 5) is 25.2. The molecule has 0 radical (unpaired) electrons. The van der Waals surface area contributed by atoms with Crippen LogP contribution in [0.2, 0.25) is 5.02 Å². The lowest BCUT2D eigenvalue weighted by Crippen LogP contribution is -2.44. The highest BCUT2D eigenvalue weighted by molar-refractivity contribution is 6.33. The second-order valence-electron chi connectivity index (χ2n) is 9.04. The van der Waals surface area contributed by atoms with Crippen molar-refractivity contribution in [2.24, 2.45) is 5.92 Å². The number of aromatic amines is 1. The molecule has 2 N–H and O–H groups in total. The minimum absolute atomic E-state index is 0.0226. The number of hydrogen-bond donors (Lipinski definition) is 2. The van der Waals surface area contributed by atoms with E-state index in [1.165, 1.54) is 25.0 Å². The van der Waals surface area contributed by atoms with Gasteiger partial charge in [-0.2, -0.15) is 0 Å². The Balaban J connectivity index is 1.28. The molecule has 2 aliphatic rings. The van der Waals surface area contributed by atoms with Gasteiger partial charge in [-0.15, -0.1) is 0 Å². The van der Waals surface area contributed by atoms with Crippen molar-refractivity contribution in [1.82, 2.24) is 20.2 Å². The minimum atomic E-state index is -0.310. The number of piperidine rings is 1. The molecule has 0 bridgehead atoms. The second kappa shape index (κ2) is 9.69. The third-order valence-corrected chi connectivity index (χ3v) is 7.06. The summed E-state index contributed by atoms with van der Waals surface area (Å²) in [6, 6.07) is 10.3. The van der Waals surface area contributed by atoms with Crippen LogP contribution in [0.4, 0.5) is 10.1 Å². The Morgan fingerprint density at radius 3 is 2.85 bits per heavy atom. The number of aromatic nitrogens is 2. The van der Waals surface area contributed by atoms with E-state index in [0.717, 1.165) is 50.3 Å². The van der Waals surface area contributed by atoms with Crippen LogP contribution in [0.3, 0.4) is 0 Å². The summed E-state index contributed by atoms with van der Waals surface area (Å²) in [6.07, 6.45) is 4.40. The predicted molar refractivity (Wildman–Crippen MR) is 130 cm³/mol. The van der Waals surface area contributed by atoms with E-state index in [0.29, 0.717) is 35.0 Å². The first kappa shape index (κ1) is 22.2. The van der Waals surface area contributed by atoms with Crippen LogP contribution in [0.1, 0.15) is 25.7 Å². The van der Waals surface area contributed by atoms with Gasteiger partial charge in [0.05, 0.1) is 22.0 Å². The van der Waals surface area contributed by atoms with Crippen LogP contribution in [0.25, 0.3) is 22.4 Å². The summed E-state index contributed by atoms with van der Waals surface area (Å²) in [6.45, 7) is 5.52. The molecule has 2 fully saturated rings. The molecule has 5 rings (SSSR count). The maximum atomic E-state index is 13.6. The average molecular weight is 470 g/mol. The van der Waals surface area contributed by atoms with Crippen molar-refractivity contribution in [3.8, 4) is 11.4 Å². The van der Waals surface area contributed by atoms with E-state index in [1.54, 1.807) is 6.07 Å². The van der Waals surface area contributed by atoms with Crippen LogP contribution in [0, 0.1) is 11.7 Å². The van der Waals surface area contributed by atoms with Crippen LogP contribution in [-0.2, 0) is 4.79 Å². The van der Waals surface area contributed by atoms with Gasteiger partial charge in [0, 0.05) is 37.4 Å². The fourth-order valence-corrected chi connectivity index (χ4v) is 5.12. The van der Waals surface area contributed by atoms with Gasteiger partial charge in [0.2, 0.25) is 5.91 Å². The molecule has 33 heavy (non-hydrogen) atoms. The number of imidazole rings is 1. The molecule has 0 spiro atoms. The number of nitrogens with one attached hydrogen (secondary N) is 2. The van der Waals surface area contributed by atoms with Crippen LogP contribution in [0.15, 0.2) is 36.4 Å². The quantitative estimate of drug-likeness (QED) is 0.559. The molecule has 1 amide bonds. The van der Waals surface area contributed by atoms with Crippen molar-refractivity contribution < 1.29 is 9.18 Å². The molecule has 174 valence electrons. The zero-order chi connectivity index (χ0) is 22.8. The number of rotatable bonds is 6. The molecule has 2 aromatic carbocycles. The monoisotopic (exact) mass is 469 g/mol. The van der Waals surface area contributed by atoms with Crippen molar-refractivity contribution in [3.63, 3.8) is 0 Å². The number of nitrogens with zero attached hydrogens (tertiary/aromatic N) is 3. The molecule has 0 aliphatic carbocycles. The molecule has 3 aromatic rings. The first-order valence-electron chi connectivity index (χ1n) is 11.8. The summed E-state index contributed by atoms with van der Waals surface area (Å²) >= 11 is 6.50. The molecule has 1 atom stereocenters. The second-order valence-corrected chi connectivity index (χ2v) is 9.44. The van der Waals surface area contributed by atoms with Gasteiger partial charge in [-0.05, 0) is 75.2 Å². The van der Waals surface area contributed by atoms with Gasteiger partial charge in [0.15, 0.2) is 0 Å². The third kappa shape index (κ3) is 4.99. The standard InChI is InChI=1S/C25H29ClFN5O/c26-21-7-6-19(15-20(21)24-29-22-8-5-18(27)14-23(22)30-24)32-12-3-4-17(16-32)25(33)28-9-13-31-10-1-2-11-31/h5-8,14-15,17H,1-4,9-13,16H2,(H,28,33)(H,29,30)/t17-/m0/s1. The molecule has 3 heterocycles. The zero-order valence-electron chi connectivity index (χ0n) is 18.6. The summed E-state index contributed by atoms with van der Waals surface area (Å²) in [5, 5.41) is 3.72. The zero-order valence-corrected chi connectivity index (χ0v) is 19.4. The number of fused-ring (bicyclic) bond motifs is 1. The van der Waals surface area contributed by atoms with Crippen LogP contribution in [-0.4, -0.2) is 60.0 Å². The lowest BCUT2D eigenvalue weighted by atomic mass is 9.96. The van der Waals surface area contributed by atoms with Crippen molar-refractivity contribution in [2.45, 2.75) is 25.7 Å². The number of H-pyrrole nitrogens is 1. The number of anilines is 1. The minimum Gasteiger partial charge on any atom is -0.371 e. The van der Waals surface area contributed by atoms with E-state index >= 15 is 0 Å². The third-order valence-electron chi connectivity index (χ3n) is 6.73. The Morgan fingerprint density at radius 1 is 1.15 bits per heavy atom. The first-order chi connectivity index (χ1) is 16.1. The number of likely N-dealkylation sites (tertiary alicyclic amines) is 1. The molecule has 1 aromatic heterocycles.